The van der Waals surface area contributed by atoms with Gasteiger partial charge in [0, 0.05) is 0 Å². The van der Waals surface area contributed by atoms with Gasteiger partial charge in [0.25, 0.3) is 0 Å². The minimum absolute atomic E-state index is 0.0377. The van der Waals surface area contributed by atoms with Gasteiger partial charge in [0.2, 0.25) is 0 Å². The first-order valence-electron chi connectivity index (χ1n) is 4.55. The topological polar surface area (TPSA) is 70.1 Å². The summed E-state index contributed by atoms with van der Waals surface area (Å²) < 4.78 is 0.808. The lowest BCUT2D eigenvalue weighted by Gasteiger charge is -2.06. The summed E-state index contributed by atoms with van der Waals surface area (Å²) in [5, 5.41) is 8.95. The Hall–Kier alpha value is -1.03. The van der Waals surface area contributed by atoms with E-state index in [0.717, 1.165) is 4.21 Å². The van der Waals surface area contributed by atoms with Crippen LogP contribution in [-0.4, -0.2) is 37.6 Å². The molecule has 0 unspecified atom stereocenters. The van der Waals surface area contributed by atoms with Crippen molar-refractivity contribution < 1.29 is 4.79 Å². The number of ketones is 1. The zero-order chi connectivity index (χ0) is 12.3. The molecule has 1 aromatic rings. The van der Waals surface area contributed by atoms with Crippen molar-refractivity contribution in [1.29, 1.82) is 5.26 Å². The standard InChI is InChI=1S/C10H13N3OS2/c1-13(2)5-7(14)9-8(12)6(4-11)10(15-3)16-9/h5,12H2,1-3H3. The number of nitriles is 1. The van der Waals surface area contributed by atoms with Gasteiger partial charge in [0.05, 0.1) is 21.3 Å². The van der Waals surface area contributed by atoms with Crippen LogP contribution in [-0.2, 0) is 0 Å². The molecule has 0 aromatic carbocycles. The lowest BCUT2D eigenvalue weighted by Crippen LogP contribution is -2.21. The van der Waals surface area contributed by atoms with Crippen LogP contribution in [0.25, 0.3) is 0 Å². The van der Waals surface area contributed by atoms with E-state index in [9.17, 15) is 4.79 Å². The van der Waals surface area contributed by atoms with Gasteiger partial charge in [-0.25, -0.2) is 0 Å². The Morgan fingerprint density at radius 3 is 2.62 bits per heavy atom. The van der Waals surface area contributed by atoms with E-state index in [1.165, 1.54) is 23.1 Å². The van der Waals surface area contributed by atoms with Crippen molar-refractivity contribution >= 4 is 34.6 Å². The first-order valence-corrected chi connectivity index (χ1v) is 6.59. The highest BCUT2D eigenvalue weighted by Gasteiger charge is 2.20. The summed E-state index contributed by atoms with van der Waals surface area (Å²) in [7, 11) is 3.64. The van der Waals surface area contributed by atoms with E-state index in [4.69, 9.17) is 11.0 Å². The number of anilines is 1. The Balaban J connectivity index is 3.12. The number of rotatable bonds is 4. The van der Waals surface area contributed by atoms with Crippen LogP contribution in [0.4, 0.5) is 5.69 Å². The fourth-order valence-corrected chi connectivity index (χ4v) is 3.01. The molecule has 2 N–H and O–H groups in total. The highest BCUT2D eigenvalue weighted by atomic mass is 32.2. The predicted octanol–water partition coefficient (Wildman–Crippen LogP) is 1.67. The molecule has 6 heteroatoms. The zero-order valence-corrected chi connectivity index (χ0v) is 11.0. The molecule has 0 amide bonds. The number of nitrogens with zero attached hydrogens (tertiary/aromatic N) is 2. The SMILES string of the molecule is CSc1sc(C(=O)CN(C)C)c(N)c1C#N. The van der Waals surface area contributed by atoms with E-state index in [1.807, 2.05) is 26.4 Å². The number of hydrogen-bond acceptors (Lipinski definition) is 6. The van der Waals surface area contributed by atoms with Gasteiger partial charge in [-0.05, 0) is 20.4 Å². The third-order valence-electron chi connectivity index (χ3n) is 1.92. The van der Waals surface area contributed by atoms with Crippen molar-refractivity contribution in [3.8, 4) is 6.07 Å². The lowest BCUT2D eigenvalue weighted by molar-refractivity contribution is 0.0962. The molecule has 0 radical (unpaired) electrons. The molecule has 1 rings (SSSR count). The molecule has 16 heavy (non-hydrogen) atoms. The average molecular weight is 255 g/mol. The number of hydrogen-bond donors (Lipinski definition) is 1. The molecular weight excluding hydrogens is 242 g/mol. The summed E-state index contributed by atoms with van der Waals surface area (Å²) in [6, 6.07) is 2.04. The van der Waals surface area contributed by atoms with Crippen molar-refractivity contribution in [2.75, 3.05) is 32.6 Å². The predicted molar refractivity (Wildman–Crippen MR) is 68.1 cm³/mol. The largest absolute Gasteiger partial charge is 0.396 e. The normalized spacial score (nSPS) is 10.4. The van der Waals surface area contributed by atoms with E-state index in [2.05, 4.69) is 0 Å². The van der Waals surface area contributed by atoms with Crippen LogP contribution < -0.4 is 5.73 Å². The Labute approximate surface area is 103 Å². The maximum Gasteiger partial charge on any atom is 0.188 e. The van der Waals surface area contributed by atoms with Gasteiger partial charge in [-0.2, -0.15) is 5.26 Å². The smallest absolute Gasteiger partial charge is 0.188 e. The molecule has 0 aliphatic carbocycles. The summed E-state index contributed by atoms with van der Waals surface area (Å²) in [5.74, 6) is -0.0377. The molecule has 0 spiro atoms. The second-order valence-corrected chi connectivity index (χ2v) is 5.58. The Morgan fingerprint density at radius 1 is 1.62 bits per heavy atom. The van der Waals surface area contributed by atoms with Gasteiger partial charge in [-0.15, -0.1) is 23.1 Å². The number of nitrogen functional groups attached to an aromatic ring is 1. The molecular formula is C10H13N3OS2. The van der Waals surface area contributed by atoms with Gasteiger partial charge >= 0.3 is 0 Å². The minimum Gasteiger partial charge on any atom is -0.396 e. The van der Waals surface area contributed by atoms with Crippen LogP contribution in [0.2, 0.25) is 0 Å². The number of thiophene rings is 1. The van der Waals surface area contributed by atoms with Crippen molar-refractivity contribution in [1.82, 2.24) is 4.90 Å². The molecule has 86 valence electrons. The van der Waals surface area contributed by atoms with E-state index in [0.29, 0.717) is 22.7 Å². The summed E-state index contributed by atoms with van der Waals surface area (Å²) in [6.07, 6.45) is 1.87. The Bertz CT molecular complexity index is 446. The molecule has 0 bridgehead atoms. The van der Waals surface area contributed by atoms with Crippen molar-refractivity contribution in [2.24, 2.45) is 0 Å². The van der Waals surface area contributed by atoms with Crippen molar-refractivity contribution in [3.05, 3.63) is 10.4 Å². The molecule has 0 aliphatic rings. The summed E-state index contributed by atoms with van der Waals surface area (Å²) in [6.45, 7) is 0.309. The molecule has 1 aromatic heterocycles. The van der Waals surface area contributed by atoms with E-state index in [-0.39, 0.29) is 5.78 Å². The van der Waals surface area contributed by atoms with Gasteiger partial charge in [-0.1, -0.05) is 0 Å². The quantitative estimate of drug-likeness (QED) is 0.654. The molecule has 0 fully saturated rings. The van der Waals surface area contributed by atoms with Crippen LogP contribution in [0, 0.1) is 11.3 Å². The molecule has 4 nitrogen and oxygen atoms in total. The van der Waals surface area contributed by atoms with Gasteiger partial charge in [-0.3, -0.25) is 4.79 Å². The maximum absolute atomic E-state index is 11.8. The zero-order valence-electron chi connectivity index (χ0n) is 9.40. The van der Waals surface area contributed by atoms with Crippen LogP contribution in [0.5, 0.6) is 0 Å². The summed E-state index contributed by atoms with van der Waals surface area (Å²) >= 11 is 2.74. The van der Waals surface area contributed by atoms with Crippen LogP contribution >= 0.6 is 23.1 Å². The van der Waals surface area contributed by atoms with Crippen molar-refractivity contribution in [2.45, 2.75) is 4.21 Å². The highest BCUT2D eigenvalue weighted by molar-refractivity contribution is 8.00. The maximum atomic E-state index is 11.8. The average Bonchev–Trinajstić information content (AvgIpc) is 2.53. The van der Waals surface area contributed by atoms with Crippen LogP contribution in [0.15, 0.2) is 4.21 Å². The number of carbonyl (C=O) groups is 1. The summed E-state index contributed by atoms with van der Waals surface area (Å²) in [5.41, 5.74) is 6.56. The summed E-state index contributed by atoms with van der Waals surface area (Å²) in [4.78, 5) is 14.1. The van der Waals surface area contributed by atoms with E-state index >= 15 is 0 Å². The van der Waals surface area contributed by atoms with E-state index in [1.54, 1.807) is 4.90 Å². The molecule has 0 saturated heterocycles. The fourth-order valence-electron chi connectivity index (χ4n) is 1.24. The first kappa shape index (κ1) is 13.0. The Morgan fingerprint density at radius 2 is 2.25 bits per heavy atom. The Kier molecular flexibility index (Phi) is 4.35. The number of thioether (sulfide) groups is 1. The minimum atomic E-state index is -0.0377. The highest BCUT2D eigenvalue weighted by Crippen LogP contribution is 2.36. The third kappa shape index (κ3) is 2.55. The first-order chi connectivity index (χ1) is 7.51. The monoisotopic (exact) mass is 255 g/mol. The number of carbonyl (C=O) groups excluding carboxylic acids is 1. The lowest BCUT2D eigenvalue weighted by atomic mass is 10.2. The van der Waals surface area contributed by atoms with Crippen LogP contribution in [0.1, 0.15) is 15.2 Å². The molecule has 0 saturated carbocycles. The number of nitrogens with two attached hydrogens (primary N) is 1. The molecule has 0 atom stereocenters. The number of likely N-dealkylation sites (N-methyl/N-ethyl adjacent to an activating group) is 1. The second kappa shape index (κ2) is 5.34. The van der Waals surface area contributed by atoms with Gasteiger partial charge in [0.1, 0.15) is 11.6 Å². The van der Waals surface area contributed by atoms with Gasteiger partial charge < -0.3 is 10.6 Å². The van der Waals surface area contributed by atoms with Crippen LogP contribution in [0.3, 0.4) is 0 Å². The molecule has 1 heterocycles. The second-order valence-electron chi connectivity index (χ2n) is 3.48. The van der Waals surface area contributed by atoms with Crippen molar-refractivity contribution in [3.63, 3.8) is 0 Å². The fraction of sp³-hybridized carbons (Fsp3) is 0.400. The number of Topliss-reactive ketones (excluding diaryl/α,β-unsaturated/α-hetero) is 1. The van der Waals surface area contributed by atoms with Gasteiger partial charge in [0.15, 0.2) is 5.78 Å². The molecule has 0 aliphatic heterocycles. The third-order valence-corrected chi connectivity index (χ3v) is 4.29. The van der Waals surface area contributed by atoms with E-state index < -0.39 is 0 Å².